The summed E-state index contributed by atoms with van der Waals surface area (Å²) < 4.78 is 9.47. The van der Waals surface area contributed by atoms with Gasteiger partial charge in [0.05, 0.1) is 6.54 Å². The summed E-state index contributed by atoms with van der Waals surface area (Å²) in [5.74, 6) is -1.21. The Balaban J connectivity index is 3.06. The first-order chi connectivity index (χ1) is 11.8. The molecule has 1 aromatic heterocycles. The van der Waals surface area contributed by atoms with Crippen LogP contribution in [0.3, 0.4) is 0 Å². The molecule has 0 aromatic carbocycles. The molecular weight excluding hydrogens is 330 g/mol. The van der Waals surface area contributed by atoms with E-state index in [0.717, 1.165) is 4.90 Å². The molecule has 1 rings (SSSR count). The molecule has 0 aliphatic rings. The van der Waals surface area contributed by atoms with Crippen molar-refractivity contribution in [3.8, 4) is 0 Å². The number of rotatable bonds is 8. The second-order valence-corrected chi connectivity index (χ2v) is 5.60. The lowest BCUT2D eigenvalue weighted by molar-refractivity contribution is -0.138. The Labute approximate surface area is 146 Å². The van der Waals surface area contributed by atoms with Gasteiger partial charge in [-0.25, -0.2) is 9.78 Å². The topological polar surface area (TPSA) is 109 Å². The maximum absolute atomic E-state index is 12.2. The van der Waals surface area contributed by atoms with Crippen LogP contribution in [0.15, 0.2) is 18.3 Å². The highest BCUT2D eigenvalue weighted by Crippen LogP contribution is 2.20. The molecule has 1 N–H and O–H groups in total. The number of carboxylic acids is 1. The first-order valence-electron chi connectivity index (χ1n) is 7.61. The Morgan fingerprint density at radius 1 is 1.32 bits per heavy atom. The zero-order valence-corrected chi connectivity index (χ0v) is 14.8. The molecule has 0 spiro atoms. The van der Waals surface area contributed by atoms with E-state index in [1.165, 1.54) is 18.2 Å². The minimum Gasteiger partial charge on any atom is -0.480 e. The fraction of sp³-hybridized carbons (Fsp3) is 0.500. The van der Waals surface area contributed by atoms with Gasteiger partial charge in [-0.15, -0.1) is 0 Å². The van der Waals surface area contributed by atoms with Crippen molar-refractivity contribution in [2.45, 2.75) is 20.4 Å². The molecule has 25 heavy (non-hydrogen) atoms. The molecule has 0 saturated heterocycles. The van der Waals surface area contributed by atoms with E-state index in [2.05, 4.69) is 9.72 Å². The second-order valence-electron chi connectivity index (χ2n) is 5.60. The zero-order valence-electron chi connectivity index (χ0n) is 14.8. The van der Waals surface area contributed by atoms with E-state index in [0.29, 0.717) is 11.4 Å². The summed E-state index contributed by atoms with van der Waals surface area (Å²) in [4.78, 5) is 41.8. The third kappa shape index (κ3) is 6.03. The normalized spacial score (nSPS) is 10.4. The lowest BCUT2D eigenvalue weighted by Gasteiger charge is -2.24. The quantitative estimate of drug-likeness (QED) is 0.702. The summed E-state index contributed by atoms with van der Waals surface area (Å²) in [5.41, 5.74) is 0.523. The van der Waals surface area contributed by atoms with E-state index >= 15 is 0 Å². The van der Waals surface area contributed by atoms with Gasteiger partial charge in [0.15, 0.2) is 6.79 Å². The van der Waals surface area contributed by atoms with E-state index in [1.807, 2.05) is 0 Å². The van der Waals surface area contributed by atoms with Crippen molar-refractivity contribution in [3.05, 3.63) is 23.9 Å². The smallest absolute Gasteiger partial charge is 0.412 e. The van der Waals surface area contributed by atoms with E-state index in [4.69, 9.17) is 9.84 Å². The zero-order chi connectivity index (χ0) is 19.0. The number of methoxy groups -OCH3 is 1. The molecule has 0 bridgehead atoms. The molecule has 0 fully saturated rings. The van der Waals surface area contributed by atoms with Gasteiger partial charge in [-0.2, -0.15) is 0 Å². The molecule has 0 aliphatic carbocycles. The minimum absolute atomic E-state index is 0.0757. The molecule has 138 valence electrons. The van der Waals surface area contributed by atoms with Gasteiger partial charge < -0.3 is 14.6 Å². The maximum Gasteiger partial charge on any atom is 0.412 e. The van der Waals surface area contributed by atoms with Crippen molar-refractivity contribution in [2.75, 3.05) is 32.4 Å². The Kier molecular flexibility index (Phi) is 7.80. The van der Waals surface area contributed by atoms with Crippen LogP contribution < -0.4 is 4.90 Å². The number of carboxylic acid groups (broad SMARTS) is 1. The summed E-state index contributed by atoms with van der Waals surface area (Å²) in [5, 5.41) is 9.01. The first kappa shape index (κ1) is 20.4. The Morgan fingerprint density at radius 2 is 2.00 bits per heavy atom. The van der Waals surface area contributed by atoms with Crippen molar-refractivity contribution in [2.24, 2.45) is 5.92 Å². The van der Waals surface area contributed by atoms with Gasteiger partial charge in [-0.1, -0.05) is 19.9 Å². The van der Waals surface area contributed by atoms with Crippen molar-refractivity contribution in [1.29, 1.82) is 0 Å². The van der Waals surface area contributed by atoms with Crippen LogP contribution in [-0.2, 0) is 25.6 Å². The van der Waals surface area contributed by atoms with Crippen LogP contribution in [0.4, 0.5) is 10.6 Å². The van der Waals surface area contributed by atoms with Crippen LogP contribution in [-0.4, -0.2) is 60.5 Å². The predicted molar refractivity (Wildman–Crippen MR) is 88.9 cm³/mol. The standard InChI is InChI=1S/C16H23N3O6/c1-11(2)15(22)18(3)14-12(6-5-7-17-14)8-19(9-13(20)21)16(23)25-10-24-4/h5-7,11H,8-10H2,1-4H3,(H,20,21). The minimum atomic E-state index is -1.19. The number of aliphatic carboxylic acids is 1. The molecule has 1 heterocycles. The van der Waals surface area contributed by atoms with Crippen LogP contribution in [0.25, 0.3) is 0 Å². The lowest BCUT2D eigenvalue weighted by Crippen LogP contribution is -2.37. The highest BCUT2D eigenvalue weighted by molar-refractivity contribution is 5.93. The summed E-state index contributed by atoms with van der Waals surface area (Å²) >= 11 is 0. The van der Waals surface area contributed by atoms with Crippen LogP contribution in [0.1, 0.15) is 19.4 Å². The number of ether oxygens (including phenoxy) is 2. The summed E-state index contributed by atoms with van der Waals surface area (Å²) in [6, 6.07) is 3.32. The molecule has 2 amide bonds. The monoisotopic (exact) mass is 353 g/mol. The fourth-order valence-corrected chi connectivity index (χ4v) is 2.10. The van der Waals surface area contributed by atoms with Crippen LogP contribution >= 0.6 is 0 Å². The predicted octanol–water partition coefficient (Wildman–Crippen LogP) is 1.33. The number of hydrogen-bond acceptors (Lipinski definition) is 6. The first-order valence-corrected chi connectivity index (χ1v) is 7.61. The van der Waals surface area contributed by atoms with E-state index < -0.39 is 18.6 Å². The third-order valence-corrected chi connectivity index (χ3v) is 3.26. The molecule has 0 aliphatic heterocycles. The Bertz CT molecular complexity index is 620. The van der Waals surface area contributed by atoms with Gasteiger partial charge in [0.1, 0.15) is 12.4 Å². The molecule has 0 atom stereocenters. The fourth-order valence-electron chi connectivity index (χ4n) is 2.10. The largest absolute Gasteiger partial charge is 0.480 e. The number of anilines is 1. The number of amides is 2. The molecule has 0 saturated carbocycles. The van der Waals surface area contributed by atoms with Crippen molar-refractivity contribution in [1.82, 2.24) is 9.88 Å². The van der Waals surface area contributed by atoms with Crippen molar-refractivity contribution >= 4 is 23.8 Å². The molecular formula is C16H23N3O6. The van der Waals surface area contributed by atoms with E-state index in [9.17, 15) is 14.4 Å². The van der Waals surface area contributed by atoms with Crippen molar-refractivity contribution in [3.63, 3.8) is 0 Å². The summed E-state index contributed by atoms with van der Waals surface area (Å²) in [6.45, 7) is 2.60. The van der Waals surface area contributed by atoms with Gasteiger partial charge in [0.2, 0.25) is 5.91 Å². The van der Waals surface area contributed by atoms with Crippen molar-refractivity contribution < 1.29 is 29.0 Å². The van der Waals surface area contributed by atoms with Gasteiger partial charge in [0.25, 0.3) is 0 Å². The summed E-state index contributed by atoms with van der Waals surface area (Å²) in [7, 11) is 2.93. The van der Waals surface area contributed by atoms with Gasteiger partial charge in [-0.3, -0.25) is 19.4 Å². The van der Waals surface area contributed by atoms with E-state index in [-0.39, 0.29) is 25.2 Å². The Morgan fingerprint density at radius 3 is 2.56 bits per heavy atom. The average Bonchev–Trinajstić information content (AvgIpc) is 2.57. The Hall–Kier alpha value is -2.68. The SMILES string of the molecule is COCOC(=O)N(CC(=O)O)Cc1cccnc1N(C)C(=O)C(C)C. The second kappa shape index (κ2) is 9.58. The third-order valence-electron chi connectivity index (χ3n) is 3.26. The van der Waals surface area contributed by atoms with Gasteiger partial charge in [0, 0.05) is 31.8 Å². The average molecular weight is 353 g/mol. The van der Waals surface area contributed by atoms with Gasteiger partial charge in [-0.05, 0) is 6.07 Å². The van der Waals surface area contributed by atoms with Crippen LogP contribution in [0.5, 0.6) is 0 Å². The van der Waals surface area contributed by atoms with Crippen LogP contribution in [0, 0.1) is 5.92 Å². The molecule has 0 radical (unpaired) electrons. The molecule has 9 nitrogen and oxygen atoms in total. The number of nitrogens with zero attached hydrogens (tertiary/aromatic N) is 3. The van der Waals surface area contributed by atoms with E-state index in [1.54, 1.807) is 33.0 Å². The van der Waals surface area contributed by atoms with Crippen LogP contribution in [0.2, 0.25) is 0 Å². The number of pyridine rings is 1. The molecule has 0 unspecified atom stereocenters. The maximum atomic E-state index is 12.2. The molecule has 9 heteroatoms. The lowest BCUT2D eigenvalue weighted by atomic mass is 10.1. The number of carbonyl (C=O) groups excluding carboxylic acids is 2. The highest BCUT2D eigenvalue weighted by atomic mass is 16.7. The number of hydrogen-bond donors (Lipinski definition) is 1. The van der Waals surface area contributed by atoms with Gasteiger partial charge >= 0.3 is 12.1 Å². The molecule has 1 aromatic rings. The number of carbonyl (C=O) groups is 3. The highest BCUT2D eigenvalue weighted by Gasteiger charge is 2.23. The number of aromatic nitrogens is 1. The summed E-state index contributed by atoms with van der Waals surface area (Å²) in [6.07, 6.45) is 0.685.